The quantitative estimate of drug-likeness (QED) is 0.651. The first-order valence-electron chi connectivity index (χ1n) is 7.98. The van der Waals surface area contributed by atoms with Gasteiger partial charge in [-0.1, -0.05) is 6.92 Å². The molecule has 0 saturated carbocycles. The van der Waals surface area contributed by atoms with Crippen molar-refractivity contribution in [3.63, 3.8) is 0 Å². The largest absolute Gasteiger partial charge is 0.468 e. The average molecular weight is 386 g/mol. The highest BCUT2D eigenvalue weighted by atomic mass is 32.2. The van der Waals surface area contributed by atoms with Crippen molar-refractivity contribution in [3.8, 4) is 0 Å². The monoisotopic (exact) mass is 385 g/mol. The predicted molar refractivity (Wildman–Crippen MR) is 96.9 cm³/mol. The molecule has 138 valence electrons. The molecular weight excluding hydrogens is 362 g/mol. The fourth-order valence-electron chi connectivity index (χ4n) is 2.31. The third-order valence-electron chi connectivity index (χ3n) is 3.97. The van der Waals surface area contributed by atoms with Crippen LogP contribution >= 0.6 is 11.3 Å². The minimum atomic E-state index is -3.66. The number of rotatable bonds is 10. The third kappa shape index (κ3) is 5.40. The molecule has 9 heteroatoms. The topological polar surface area (TPSA) is 106 Å². The van der Waals surface area contributed by atoms with Gasteiger partial charge in [0.25, 0.3) is 5.91 Å². The van der Waals surface area contributed by atoms with Crippen LogP contribution in [-0.2, 0) is 16.6 Å². The summed E-state index contributed by atoms with van der Waals surface area (Å²) >= 11 is 1.02. The minimum absolute atomic E-state index is 0.0624. The molecule has 3 N–H and O–H groups in total. The van der Waals surface area contributed by atoms with Crippen LogP contribution in [0.4, 0.5) is 0 Å². The summed E-state index contributed by atoms with van der Waals surface area (Å²) in [4.78, 5) is 13.5. The molecule has 0 aliphatic heterocycles. The highest BCUT2D eigenvalue weighted by molar-refractivity contribution is 7.89. The van der Waals surface area contributed by atoms with Crippen LogP contribution in [0.5, 0.6) is 0 Å². The van der Waals surface area contributed by atoms with Gasteiger partial charge in [-0.3, -0.25) is 9.69 Å². The van der Waals surface area contributed by atoms with Crippen LogP contribution in [0.3, 0.4) is 0 Å². The van der Waals surface area contributed by atoms with Crippen LogP contribution < -0.4 is 10.5 Å². The maximum absolute atomic E-state index is 12.3. The van der Waals surface area contributed by atoms with Gasteiger partial charge in [-0.25, -0.2) is 13.1 Å². The van der Waals surface area contributed by atoms with E-state index in [1.807, 2.05) is 12.1 Å². The maximum Gasteiger partial charge on any atom is 0.258 e. The SMILES string of the molecule is CCC(C)N(CCNS(=O)(=O)c1csc(C(N)=O)c1)Cc1ccco1. The molecule has 1 atom stereocenters. The van der Waals surface area contributed by atoms with Gasteiger partial charge in [0.2, 0.25) is 10.0 Å². The lowest BCUT2D eigenvalue weighted by Gasteiger charge is -2.27. The third-order valence-corrected chi connectivity index (χ3v) is 6.51. The smallest absolute Gasteiger partial charge is 0.258 e. The van der Waals surface area contributed by atoms with Crippen molar-refractivity contribution in [2.75, 3.05) is 13.1 Å². The van der Waals surface area contributed by atoms with E-state index in [0.29, 0.717) is 13.1 Å². The molecule has 0 fully saturated rings. The molecule has 0 bridgehead atoms. The number of amides is 1. The Labute approximate surface area is 151 Å². The van der Waals surface area contributed by atoms with Crippen LogP contribution in [0.25, 0.3) is 0 Å². The molecule has 2 heterocycles. The van der Waals surface area contributed by atoms with Crippen LogP contribution in [0.2, 0.25) is 0 Å². The highest BCUT2D eigenvalue weighted by Crippen LogP contribution is 2.18. The van der Waals surface area contributed by atoms with Gasteiger partial charge in [-0.05, 0) is 31.5 Å². The van der Waals surface area contributed by atoms with E-state index in [1.54, 1.807) is 6.26 Å². The van der Waals surface area contributed by atoms with Crippen LogP contribution in [-0.4, -0.2) is 38.4 Å². The average Bonchev–Trinajstić information content (AvgIpc) is 3.24. The van der Waals surface area contributed by atoms with Crippen molar-refractivity contribution in [3.05, 3.63) is 40.5 Å². The lowest BCUT2D eigenvalue weighted by molar-refractivity contribution is 0.100. The summed E-state index contributed by atoms with van der Waals surface area (Å²) in [6, 6.07) is 5.32. The summed E-state index contributed by atoms with van der Waals surface area (Å²) in [6.07, 6.45) is 2.57. The van der Waals surface area contributed by atoms with Crippen molar-refractivity contribution in [2.24, 2.45) is 5.73 Å². The maximum atomic E-state index is 12.3. The Bertz CT molecular complexity index is 784. The van der Waals surface area contributed by atoms with E-state index >= 15 is 0 Å². The lowest BCUT2D eigenvalue weighted by atomic mass is 10.2. The number of nitrogens with two attached hydrogens (primary N) is 1. The molecule has 0 aliphatic carbocycles. The van der Waals surface area contributed by atoms with Gasteiger partial charge in [0, 0.05) is 24.5 Å². The zero-order valence-electron chi connectivity index (χ0n) is 14.3. The second-order valence-electron chi connectivity index (χ2n) is 5.72. The van der Waals surface area contributed by atoms with Crippen molar-refractivity contribution in [1.29, 1.82) is 0 Å². The number of nitrogens with one attached hydrogen (secondary N) is 1. The second-order valence-corrected chi connectivity index (χ2v) is 8.39. The highest BCUT2D eigenvalue weighted by Gasteiger charge is 2.19. The normalized spacial score (nSPS) is 13.2. The molecule has 1 amide bonds. The fraction of sp³-hybridized carbons (Fsp3) is 0.438. The van der Waals surface area contributed by atoms with E-state index in [4.69, 9.17) is 10.2 Å². The summed E-state index contributed by atoms with van der Waals surface area (Å²) in [6.45, 7) is 5.60. The minimum Gasteiger partial charge on any atom is -0.468 e. The molecule has 2 rings (SSSR count). The number of nitrogens with zero attached hydrogens (tertiary/aromatic N) is 1. The number of hydrogen-bond acceptors (Lipinski definition) is 6. The lowest BCUT2D eigenvalue weighted by Crippen LogP contribution is -2.39. The van der Waals surface area contributed by atoms with E-state index in [9.17, 15) is 13.2 Å². The van der Waals surface area contributed by atoms with Crippen molar-refractivity contribution < 1.29 is 17.6 Å². The van der Waals surface area contributed by atoms with Crippen LogP contribution in [0.1, 0.15) is 35.7 Å². The Kier molecular flexibility index (Phi) is 6.77. The Morgan fingerprint density at radius 1 is 1.48 bits per heavy atom. The molecule has 2 aromatic rings. The summed E-state index contributed by atoms with van der Waals surface area (Å²) in [5.74, 6) is 0.208. The number of carbonyl (C=O) groups is 1. The van der Waals surface area contributed by atoms with E-state index in [1.165, 1.54) is 11.4 Å². The summed E-state index contributed by atoms with van der Waals surface area (Å²) in [5.41, 5.74) is 5.16. The predicted octanol–water partition coefficient (Wildman–Crippen LogP) is 2.02. The van der Waals surface area contributed by atoms with Crippen molar-refractivity contribution in [2.45, 2.75) is 37.8 Å². The van der Waals surface area contributed by atoms with E-state index in [0.717, 1.165) is 23.5 Å². The van der Waals surface area contributed by atoms with Gasteiger partial charge in [0.15, 0.2) is 0 Å². The standard InChI is InChI=1S/C16H23N3O4S2/c1-3-12(2)19(10-13-5-4-8-23-13)7-6-18-25(21,22)14-9-15(16(17)20)24-11-14/h4-5,8-9,11-12,18H,3,6-7,10H2,1-2H3,(H2,17,20). The Morgan fingerprint density at radius 3 is 2.80 bits per heavy atom. The Morgan fingerprint density at radius 2 is 2.24 bits per heavy atom. The summed E-state index contributed by atoms with van der Waals surface area (Å²) in [7, 11) is -3.66. The first-order chi connectivity index (χ1) is 11.8. The number of sulfonamides is 1. The first kappa shape index (κ1) is 19.6. The van der Waals surface area contributed by atoms with Gasteiger partial charge in [-0.15, -0.1) is 11.3 Å². The van der Waals surface area contributed by atoms with Gasteiger partial charge in [0.1, 0.15) is 5.76 Å². The van der Waals surface area contributed by atoms with Crippen molar-refractivity contribution >= 4 is 27.3 Å². The molecule has 0 aromatic carbocycles. The van der Waals surface area contributed by atoms with Crippen LogP contribution in [0, 0.1) is 0 Å². The van der Waals surface area contributed by atoms with E-state index < -0.39 is 15.9 Å². The molecule has 25 heavy (non-hydrogen) atoms. The number of carbonyl (C=O) groups excluding carboxylic acids is 1. The summed E-state index contributed by atoms with van der Waals surface area (Å²) in [5, 5.41) is 1.41. The molecule has 2 aromatic heterocycles. The van der Waals surface area contributed by atoms with Gasteiger partial charge in [-0.2, -0.15) is 0 Å². The second kappa shape index (κ2) is 8.61. The fourth-order valence-corrected chi connectivity index (χ4v) is 4.46. The zero-order chi connectivity index (χ0) is 18.4. The molecule has 0 aliphatic rings. The molecule has 0 spiro atoms. The Balaban J connectivity index is 1.96. The molecular formula is C16H23N3O4S2. The number of primary amides is 1. The summed E-state index contributed by atoms with van der Waals surface area (Å²) < 4.78 is 32.6. The Hall–Kier alpha value is -1.68. The molecule has 0 radical (unpaired) electrons. The van der Waals surface area contributed by atoms with Gasteiger partial charge < -0.3 is 10.2 Å². The van der Waals surface area contributed by atoms with Crippen molar-refractivity contribution in [1.82, 2.24) is 9.62 Å². The molecule has 1 unspecified atom stereocenters. The zero-order valence-corrected chi connectivity index (χ0v) is 15.9. The number of furan rings is 1. The van der Waals surface area contributed by atoms with Gasteiger partial charge in [0.05, 0.1) is 22.6 Å². The molecule has 7 nitrogen and oxygen atoms in total. The number of hydrogen-bond donors (Lipinski definition) is 2. The van der Waals surface area contributed by atoms with Gasteiger partial charge >= 0.3 is 0 Å². The van der Waals surface area contributed by atoms with E-state index in [2.05, 4.69) is 23.5 Å². The van der Waals surface area contributed by atoms with Crippen LogP contribution in [0.15, 0.2) is 39.2 Å². The molecule has 0 saturated heterocycles. The number of thiophene rings is 1. The first-order valence-corrected chi connectivity index (χ1v) is 10.3. The van der Waals surface area contributed by atoms with E-state index in [-0.39, 0.29) is 22.4 Å².